The minimum absolute atomic E-state index is 0.228. The van der Waals surface area contributed by atoms with Crippen LogP contribution in [0.15, 0.2) is 18.2 Å². The van der Waals surface area contributed by atoms with Gasteiger partial charge in [0.1, 0.15) is 5.82 Å². The SMILES string of the molecule is C#CCCCC(N)c1cc(C)ccc1F. The van der Waals surface area contributed by atoms with Gasteiger partial charge in [0.2, 0.25) is 0 Å². The molecule has 1 rings (SSSR count). The molecule has 15 heavy (non-hydrogen) atoms. The van der Waals surface area contributed by atoms with Crippen LogP contribution in [0.4, 0.5) is 4.39 Å². The highest BCUT2D eigenvalue weighted by atomic mass is 19.1. The first kappa shape index (κ1) is 11.7. The third-order valence-corrected chi connectivity index (χ3v) is 2.39. The predicted molar refractivity (Wildman–Crippen MR) is 60.7 cm³/mol. The number of aryl methyl sites for hydroxylation is 1. The van der Waals surface area contributed by atoms with E-state index in [0.717, 1.165) is 18.4 Å². The fraction of sp³-hybridized carbons (Fsp3) is 0.385. The second kappa shape index (κ2) is 5.53. The third-order valence-electron chi connectivity index (χ3n) is 2.39. The van der Waals surface area contributed by atoms with E-state index < -0.39 is 0 Å². The summed E-state index contributed by atoms with van der Waals surface area (Å²) in [6.45, 7) is 1.93. The van der Waals surface area contributed by atoms with Crippen molar-refractivity contribution in [1.29, 1.82) is 0 Å². The molecule has 0 aliphatic carbocycles. The van der Waals surface area contributed by atoms with Crippen LogP contribution >= 0.6 is 0 Å². The Kier molecular flexibility index (Phi) is 4.33. The number of benzene rings is 1. The number of unbranched alkanes of at least 4 members (excludes halogenated alkanes) is 1. The number of hydrogen-bond donors (Lipinski definition) is 1. The molecule has 0 aromatic heterocycles. The molecular weight excluding hydrogens is 189 g/mol. The lowest BCUT2D eigenvalue weighted by molar-refractivity contribution is 0.553. The molecule has 0 fully saturated rings. The minimum atomic E-state index is -0.252. The average Bonchev–Trinajstić information content (AvgIpc) is 2.22. The summed E-state index contributed by atoms with van der Waals surface area (Å²) in [6.07, 6.45) is 7.40. The van der Waals surface area contributed by atoms with Crippen LogP contribution in [0.3, 0.4) is 0 Å². The Hall–Kier alpha value is -1.33. The fourth-order valence-corrected chi connectivity index (χ4v) is 1.53. The first-order valence-corrected chi connectivity index (χ1v) is 5.10. The van der Waals surface area contributed by atoms with Crippen LogP contribution < -0.4 is 5.73 Å². The summed E-state index contributed by atoms with van der Waals surface area (Å²) >= 11 is 0. The van der Waals surface area contributed by atoms with E-state index in [0.29, 0.717) is 12.0 Å². The van der Waals surface area contributed by atoms with E-state index >= 15 is 0 Å². The number of hydrogen-bond acceptors (Lipinski definition) is 1. The monoisotopic (exact) mass is 205 g/mol. The van der Waals surface area contributed by atoms with Crippen molar-refractivity contribution in [1.82, 2.24) is 0 Å². The molecule has 0 heterocycles. The smallest absolute Gasteiger partial charge is 0.127 e. The Morgan fingerprint density at radius 1 is 1.53 bits per heavy atom. The molecule has 2 N–H and O–H groups in total. The summed E-state index contributed by atoms with van der Waals surface area (Å²) in [7, 11) is 0. The van der Waals surface area contributed by atoms with Crippen molar-refractivity contribution in [3.63, 3.8) is 0 Å². The first-order chi connectivity index (χ1) is 7.15. The van der Waals surface area contributed by atoms with Crippen molar-refractivity contribution in [3.05, 3.63) is 35.1 Å². The van der Waals surface area contributed by atoms with Gasteiger partial charge in [0.05, 0.1) is 0 Å². The van der Waals surface area contributed by atoms with Crippen LogP contribution in [0.5, 0.6) is 0 Å². The summed E-state index contributed by atoms with van der Waals surface area (Å²) in [5, 5.41) is 0. The van der Waals surface area contributed by atoms with Gasteiger partial charge in [0, 0.05) is 18.0 Å². The Morgan fingerprint density at radius 3 is 2.93 bits per heavy atom. The molecular formula is C13H16FN. The lowest BCUT2D eigenvalue weighted by Gasteiger charge is -2.12. The molecule has 0 spiro atoms. The Labute approximate surface area is 90.5 Å². The highest BCUT2D eigenvalue weighted by Crippen LogP contribution is 2.20. The normalized spacial score (nSPS) is 12.1. The van der Waals surface area contributed by atoms with Crippen LogP contribution in [-0.4, -0.2) is 0 Å². The molecule has 1 atom stereocenters. The maximum absolute atomic E-state index is 13.4. The maximum atomic E-state index is 13.4. The van der Waals surface area contributed by atoms with E-state index in [2.05, 4.69) is 5.92 Å². The second-order valence-electron chi connectivity index (χ2n) is 3.73. The van der Waals surface area contributed by atoms with E-state index in [1.54, 1.807) is 12.1 Å². The Morgan fingerprint density at radius 2 is 2.27 bits per heavy atom. The van der Waals surface area contributed by atoms with Gasteiger partial charge in [-0.1, -0.05) is 17.7 Å². The third kappa shape index (κ3) is 3.38. The van der Waals surface area contributed by atoms with Crippen LogP contribution in [0, 0.1) is 25.1 Å². The fourth-order valence-electron chi connectivity index (χ4n) is 1.53. The van der Waals surface area contributed by atoms with Crippen LogP contribution in [0.2, 0.25) is 0 Å². The number of terminal acetylenes is 1. The van der Waals surface area contributed by atoms with Crippen molar-refractivity contribution >= 4 is 0 Å². The molecule has 0 saturated carbocycles. The van der Waals surface area contributed by atoms with Gasteiger partial charge >= 0.3 is 0 Å². The van der Waals surface area contributed by atoms with Gasteiger partial charge in [-0.25, -0.2) is 4.39 Å². The number of halogens is 1. The molecule has 0 amide bonds. The predicted octanol–water partition coefficient (Wildman–Crippen LogP) is 2.94. The lowest BCUT2D eigenvalue weighted by Crippen LogP contribution is -2.12. The topological polar surface area (TPSA) is 26.0 Å². The van der Waals surface area contributed by atoms with Gasteiger partial charge in [-0.3, -0.25) is 0 Å². The highest BCUT2D eigenvalue weighted by molar-refractivity contribution is 5.26. The van der Waals surface area contributed by atoms with Gasteiger partial charge < -0.3 is 5.73 Å². The zero-order valence-electron chi connectivity index (χ0n) is 8.96. The molecule has 1 aromatic carbocycles. The lowest BCUT2D eigenvalue weighted by atomic mass is 10.00. The molecule has 1 nitrogen and oxygen atoms in total. The highest BCUT2D eigenvalue weighted by Gasteiger charge is 2.10. The molecule has 2 heteroatoms. The minimum Gasteiger partial charge on any atom is -0.324 e. The van der Waals surface area contributed by atoms with Gasteiger partial charge in [0.25, 0.3) is 0 Å². The van der Waals surface area contributed by atoms with Crippen LogP contribution in [-0.2, 0) is 0 Å². The van der Waals surface area contributed by atoms with Gasteiger partial charge in [-0.15, -0.1) is 12.3 Å². The van der Waals surface area contributed by atoms with E-state index in [-0.39, 0.29) is 11.9 Å². The van der Waals surface area contributed by atoms with E-state index in [1.807, 2.05) is 6.92 Å². The summed E-state index contributed by atoms with van der Waals surface area (Å²) in [5.41, 5.74) is 7.51. The summed E-state index contributed by atoms with van der Waals surface area (Å²) in [6, 6.07) is 4.76. The van der Waals surface area contributed by atoms with Crippen LogP contribution in [0.25, 0.3) is 0 Å². The summed E-state index contributed by atoms with van der Waals surface area (Å²) in [4.78, 5) is 0. The molecule has 0 aliphatic heterocycles. The summed E-state index contributed by atoms with van der Waals surface area (Å²) < 4.78 is 13.4. The van der Waals surface area contributed by atoms with Gasteiger partial charge in [-0.05, 0) is 25.8 Å². The molecule has 0 aliphatic rings. The maximum Gasteiger partial charge on any atom is 0.127 e. The van der Waals surface area contributed by atoms with Crippen molar-refractivity contribution in [3.8, 4) is 12.3 Å². The molecule has 1 aromatic rings. The molecule has 80 valence electrons. The van der Waals surface area contributed by atoms with E-state index in [1.165, 1.54) is 6.07 Å². The molecule has 0 saturated heterocycles. The first-order valence-electron chi connectivity index (χ1n) is 5.10. The van der Waals surface area contributed by atoms with Crippen molar-refractivity contribution in [2.24, 2.45) is 5.73 Å². The van der Waals surface area contributed by atoms with Crippen molar-refractivity contribution < 1.29 is 4.39 Å². The average molecular weight is 205 g/mol. The Balaban J connectivity index is 2.69. The van der Waals surface area contributed by atoms with Gasteiger partial charge in [0.15, 0.2) is 0 Å². The number of rotatable bonds is 4. The standard InChI is InChI=1S/C13H16FN/c1-3-4-5-6-13(15)11-9-10(2)7-8-12(11)14/h1,7-9,13H,4-6,15H2,2H3. The zero-order valence-corrected chi connectivity index (χ0v) is 8.96. The van der Waals surface area contributed by atoms with E-state index in [4.69, 9.17) is 12.2 Å². The van der Waals surface area contributed by atoms with Crippen molar-refractivity contribution in [2.45, 2.75) is 32.2 Å². The Bertz CT molecular complexity index is 365. The van der Waals surface area contributed by atoms with Gasteiger partial charge in [-0.2, -0.15) is 0 Å². The number of nitrogens with two attached hydrogens (primary N) is 1. The molecule has 1 unspecified atom stereocenters. The van der Waals surface area contributed by atoms with Crippen LogP contribution in [0.1, 0.15) is 36.4 Å². The summed E-state index contributed by atoms with van der Waals surface area (Å²) in [5.74, 6) is 2.32. The molecule has 0 bridgehead atoms. The molecule has 0 radical (unpaired) electrons. The van der Waals surface area contributed by atoms with E-state index in [9.17, 15) is 4.39 Å². The quantitative estimate of drug-likeness (QED) is 0.593. The zero-order chi connectivity index (χ0) is 11.3. The largest absolute Gasteiger partial charge is 0.324 e. The second-order valence-corrected chi connectivity index (χ2v) is 3.73. The van der Waals surface area contributed by atoms with Crippen molar-refractivity contribution in [2.75, 3.05) is 0 Å².